The van der Waals surface area contributed by atoms with Crippen molar-refractivity contribution in [2.45, 2.75) is 57.7 Å². The van der Waals surface area contributed by atoms with Crippen LogP contribution in [0.3, 0.4) is 0 Å². The van der Waals surface area contributed by atoms with Gasteiger partial charge in [0.2, 0.25) is 0 Å². The van der Waals surface area contributed by atoms with Gasteiger partial charge in [0.1, 0.15) is 12.2 Å². The molecule has 2 aromatic rings. The number of carbonyl (C=O) groups is 3. The summed E-state index contributed by atoms with van der Waals surface area (Å²) in [6.07, 6.45) is -5.87. The van der Waals surface area contributed by atoms with Crippen LogP contribution < -0.4 is 15.4 Å². The second-order valence-corrected chi connectivity index (χ2v) is 9.10. The van der Waals surface area contributed by atoms with E-state index in [-0.39, 0.29) is 18.6 Å². The maximum absolute atomic E-state index is 12.7. The molecular formula is C24H25F3N2O7. The van der Waals surface area contributed by atoms with Gasteiger partial charge >= 0.3 is 24.5 Å². The zero-order chi connectivity index (χ0) is 26.7. The van der Waals surface area contributed by atoms with Crippen LogP contribution in [0.15, 0.2) is 42.5 Å². The van der Waals surface area contributed by atoms with Crippen LogP contribution in [0.25, 0.3) is 0 Å². The first kappa shape index (κ1) is 26.6. The number of alkyl halides is 3. The Kier molecular flexibility index (Phi) is 7.65. The minimum absolute atomic E-state index is 0.0339. The highest BCUT2D eigenvalue weighted by Crippen LogP contribution is 2.41. The van der Waals surface area contributed by atoms with E-state index in [1.165, 1.54) is 0 Å². The van der Waals surface area contributed by atoms with Gasteiger partial charge in [-0.05, 0) is 56.5 Å². The molecule has 1 aliphatic rings. The summed E-state index contributed by atoms with van der Waals surface area (Å²) in [5.41, 5.74) is 0.162. The molecule has 3 N–H and O–H groups in total. The number of carboxylic acids is 1. The van der Waals surface area contributed by atoms with E-state index in [2.05, 4.69) is 15.4 Å². The molecule has 0 radical (unpaired) electrons. The topological polar surface area (TPSA) is 123 Å². The van der Waals surface area contributed by atoms with Crippen LogP contribution in [0.1, 0.15) is 54.6 Å². The monoisotopic (exact) mass is 510 g/mol. The van der Waals surface area contributed by atoms with Gasteiger partial charge in [-0.25, -0.2) is 14.4 Å². The summed E-state index contributed by atoms with van der Waals surface area (Å²) in [5.74, 6) is -2.21. The van der Waals surface area contributed by atoms with Crippen LogP contribution in [0.4, 0.5) is 28.4 Å². The number of hydrogen-bond donors (Lipinski definition) is 3. The van der Waals surface area contributed by atoms with E-state index < -0.39 is 47.1 Å². The minimum Gasteiger partial charge on any atom is -0.478 e. The van der Waals surface area contributed by atoms with Crippen molar-refractivity contribution in [1.82, 2.24) is 5.32 Å². The van der Waals surface area contributed by atoms with Gasteiger partial charge in [0.25, 0.3) is 0 Å². The Hall–Kier alpha value is -3.96. The van der Waals surface area contributed by atoms with Gasteiger partial charge in [0.15, 0.2) is 5.75 Å². The van der Waals surface area contributed by atoms with Crippen molar-refractivity contribution in [3.05, 3.63) is 59.2 Å². The van der Waals surface area contributed by atoms with Gasteiger partial charge in [0, 0.05) is 12.0 Å². The molecule has 0 aliphatic heterocycles. The van der Waals surface area contributed by atoms with Crippen molar-refractivity contribution < 1.29 is 46.9 Å². The quantitative estimate of drug-likeness (QED) is 0.455. The number of carboxylic acid groups (broad SMARTS) is 1. The van der Waals surface area contributed by atoms with Crippen LogP contribution in [-0.2, 0) is 16.1 Å². The Morgan fingerprint density at radius 3 is 2.28 bits per heavy atom. The lowest BCUT2D eigenvalue weighted by Crippen LogP contribution is -2.34. The lowest BCUT2D eigenvalue weighted by atomic mass is 10.1. The molecule has 9 nitrogen and oxygen atoms in total. The number of halogens is 3. The van der Waals surface area contributed by atoms with E-state index in [0.717, 1.165) is 24.1 Å². The summed E-state index contributed by atoms with van der Waals surface area (Å²) in [7, 11) is 0. The Morgan fingerprint density at radius 2 is 1.69 bits per heavy atom. The van der Waals surface area contributed by atoms with Crippen molar-refractivity contribution in [2.24, 2.45) is 0 Å². The maximum Gasteiger partial charge on any atom is 0.573 e. The van der Waals surface area contributed by atoms with Crippen molar-refractivity contribution in [3.8, 4) is 5.75 Å². The molecule has 12 heteroatoms. The molecule has 2 amide bonds. The largest absolute Gasteiger partial charge is 0.573 e. The Labute approximate surface area is 204 Å². The van der Waals surface area contributed by atoms with E-state index in [4.69, 9.17) is 14.6 Å². The molecule has 2 aromatic carbocycles. The fourth-order valence-corrected chi connectivity index (χ4v) is 3.31. The van der Waals surface area contributed by atoms with Crippen molar-refractivity contribution >= 4 is 23.8 Å². The van der Waals surface area contributed by atoms with E-state index in [9.17, 15) is 27.6 Å². The fraction of sp³-hybridized carbons (Fsp3) is 0.375. The number of carbonyl (C=O) groups excluding carboxylic acids is 2. The number of alkyl carbamates (subject to hydrolysis) is 1. The smallest absolute Gasteiger partial charge is 0.478 e. The second kappa shape index (κ2) is 10.3. The van der Waals surface area contributed by atoms with E-state index in [0.29, 0.717) is 11.6 Å². The predicted molar refractivity (Wildman–Crippen MR) is 121 cm³/mol. The number of ether oxygens (including phenoxy) is 3. The maximum atomic E-state index is 12.7. The first-order chi connectivity index (χ1) is 16.7. The lowest BCUT2D eigenvalue weighted by Gasteiger charge is -2.19. The highest BCUT2D eigenvalue weighted by molar-refractivity contribution is 5.91. The summed E-state index contributed by atoms with van der Waals surface area (Å²) in [5, 5.41) is 13.9. The molecule has 0 bridgehead atoms. The summed E-state index contributed by atoms with van der Waals surface area (Å²) in [6.45, 7) is 5.17. The first-order valence-electron chi connectivity index (χ1n) is 10.9. The van der Waals surface area contributed by atoms with Gasteiger partial charge in [-0.1, -0.05) is 24.3 Å². The molecular weight excluding hydrogens is 485 g/mol. The molecule has 0 unspecified atom stereocenters. The zero-order valence-electron chi connectivity index (χ0n) is 19.6. The molecule has 1 fully saturated rings. The summed E-state index contributed by atoms with van der Waals surface area (Å²) in [4.78, 5) is 35.0. The Morgan fingerprint density at radius 1 is 1.03 bits per heavy atom. The van der Waals surface area contributed by atoms with Gasteiger partial charge in [-0.3, -0.25) is 5.32 Å². The molecule has 1 aliphatic carbocycles. The molecule has 36 heavy (non-hydrogen) atoms. The van der Waals surface area contributed by atoms with Crippen molar-refractivity contribution in [2.75, 3.05) is 5.32 Å². The third-order valence-corrected chi connectivity index (χ3v) is 4.96. The molecule has 0 heterocycles. The average molecular weight is 510 g/mol. The third kappa shape index (κ3) is 8.07. The second-order valence-electron chi connectivity index (χ2n) is 9.10. The number of nitrogens with one attached hydrogen (secondary N) is 2. The molecule has 1 saturated carbocycles. The van der Waals surface area contributed by atoms with Gasteiger partial charge in [0.05, 0.1) is 11.3 Å². The molecule has 0 spiro atoms. The standard InChI is InChI=1S/C24H25F3N2O7/c1-23(2,3)36-22(33)29-18-11-16(18)14-6-4-13(5-7-14)12-34-21(32)28-17-9-8-15(20(30)31)10-19(17)35-24(25,26)27/h4-10,16,18H,11-12H2,1-3H3,(H,28,32)(H,29,33)(H,30,31)/t16-,18+/m1/s1. The van der Waals surface area contributed by atoms with Crippen LogP contribution in [0.5, 0.6) is 5.75 Å². The van der Waals surface area contributed by atoms with E-state index >= 15 is 0 Å². The summed E-state index contributed by atoms with van der Waals surface area (Å²) < 4.78 is 52.1. The Balaban J connectivity index is 1.53. The van der Waals surface area contributed by atoms with Gasteiger partial charge in [-0.15, -0.1) is 13.2 Å². The van der Waals surface area contributed by atoms with Crippen molar-refractivity contribution in [1.29, 1.82) is 0 Å². The molecule has 194 valence electrons. The predicted octanol–water partition coefficient (Wildman–Crippen LogP) is 5.41. The lowest BCUT2D eigenvalue weighted by molar-refractivity contribution is -0.274. The zero-order valence-corrected chi connectivity index (χ0v) is 19.6. The number of hydrogen-bond acceptors (Lipinski definition) is 6. The van der Waals surface area contributed by atoms with Gasteiger partial charge < -0.3 is 24.6 Å². The Bertz CT molecular complexity index is 1130. The van der Waals surface area contributed by atoms with Gasteiger partial charge in [-0.2, -0.15) is 0 Å². The van der Waals surface area contributed by atoms with Crippen LogP contribution in [0, 0.1) is 0 Å². The summed E-state index contributed by atoms with van der Waals surface area (Å²) in [6, 6.07) is 9.72. The normalized spacial score (nSPS) is 17.1. The SMILES string of the molecule is CC(C)(C)OC(=O)N[C@H]1C[C@@H]1c1ccc(COC(=O)Nc2ccc(C(=O)O)cc2OC(F)(F)F)cc1. The van der Waals surface area contributed by atoms with Crippen LogP contribution >= 0.6 is 0 Å². The molecule has 3 rings (SSSR count). The highest BCUT2D eigenvalue weighted by Gasteiger charge is 2.40. The number of amides is 2. The van der Waals surface area contributed by atoms with Crippen LogP contribution in [0.2, 0.25) is 0 Å². The minimum atomic E-state index is -5.10. The molecule has 0 aromatic heterocycles. The number of aromatic carboxylic acids is 1. The molecule has 2 atom stereocenters. The number of rotatable bonds is 7. The first-order valence-corrected chi connectivity index (χ1v) is 10.9. The average Bonchev–Trinajstić information content (AvgIpc) is 3.50. The number of anilines is 1. The van der Waals surface area contributed by atoms with E-state index in [1.807, 2.05) is 12.1 Å². The third-order valence-electron chi connectivity index (χ3n) is 4.96. The van der Waals surface area contributed by atoms with Crippen molar-refractivity contribution in [3.63, 3.8) is 0 Å². The summed E-state index contributed by atoms with van der Waals surface area (Å²) >= 11 is 0. The molecule has 0 saturated heterocycles. The van der Waals surface area contributed by atoms with Crippen LogP contribution in [-0.4, -0.2) is 41.3 Å². The van der Waals surface area contributed by atoms with E-state index in [1.54, 1.807) is 32.9 Å². The fourth-order valence-electron chi connectivity index (χ4n) is 3.31. The highest BCUT2D eigenvalue weighted by atomic mass is 19.4. The number of benzene rings is 2.